The minimum absolute atomic E-state index is 0.0834. The molecule has 0 N–H and O–H groups in total. The molecule has 1 aromatic rings. The van der Waals surface area contributed by atoms with Crippen LogP contribution in [0.5, 0.6) is 0 Å². The first-order valence-corrected chi connectivity index (χ1v) is 7.78. The van der Waals surface area contributed by atoms with Crippen molar-refractivity contribution < 1.29 is 14.3 Å². The van der Waals surface area contributed by atoms with Crippen LogP contribution in [0.2, 0.25) is 0 Å². The van der Waals surface area contributed by atoms with Crippen LogP contribution in [-0.2, 0) is 14.3 Å². The third kappa shape index (κ3) is 2.78. The van der Waals surface area contributed by atoms with Crippen LogP contribution in [0.15, 0.2) is 24.3 Å². The molecule has 0 spiro atoms. The number of rotatable bonds is 2. The highest BCUT2D eigenvalue weighted by Gasteiger charge is 2.44. The van der Waals surface area contributed by atoms with Gasteiger partial charge < -0.3 is 4.74 Å². The van der Waals surface area contributed by atoms with Crippen molar-refractivity contribution in [3.63, 3.8) is 0 Å². The topological polar surface area (TPSA) is 49.9 Å². The van der Waals surface area contributed by atoms with Gasteiger partial charge in [-0.3, -0.25) is 14.5 Å². The molecule has 2 saturated heterocycles. The summed E-state index contributed by atoms with van der Waals surface area (Å²) in [5.74, 6) is -0.235. The number of amides is 2. The van der Waals surface area contributed by atoms with E-state index < -0.39 is 0 Å². The molecule has 2 amide bonds. The first-order valence-electron chi connectivity index (χ1n) is 7.78. The second-order valence-electron chi connectivity index (χ2n) is 6.33. The van der Waals surface area contributed by atoms with E-state index in [0.29, 0.717) is 18.8 Å². The molecule has 2 aliphatic rings. The lowest BCUT2D eigenvalue weighted by atomic mass is 10.1. The van der Waals surface area contributed by atoms with Gasteiger partial charge in [0.25, 0.3) is 5.91 Å². The largest absolute Gasteiger partial charge is 0.373 e. The molecule has 5 heteroatoms. The Balaban J connectivity index is 1.80. The van der Waals surface area contributed by atoms with E-state index in [9.17, 15) is 9.59 Å². The molecule has 2 heterocycles. The Morgan fingerprint density at radius 1 is 1.05 bits per heavy atom. The van der Waals surface area contributed by atoms with E-state index in [1.54, 1.807) is 0 Å². The molecule has 118 valence electrons. The third-order valence-corrected chi connectivity index (χ3v) is 4.30. The van der Waals surface area contributed by atoms with Crippen molar-refractivity contribution in [1.82, 2.24) is 4.90 Å². The zero-order valence-corrected chi connectivity index (χ0v) is 13.3. The van der Waals surface area contributed by atoms with Crippen LogP contribution in [0.3, 0.4) is 0 Å². The maximum atomic E-state index is 12.7. The number of morpholine rings is 1. The fourth-order valence-electron chi connectivity index (χ4n) is 3.34. The number of aryl methyl sites for hydroxylation is 1. The van der Waals surface area contributed by atoms with Gasteiger partial charge in [0.2, 0.25) is 5.91 Å². The lowest BCUT2D eigenvalue weighted by Gasteiger charge is -2.37. The van der Waals surface area contributed by atoms with Gasteiger partial charge in [-0.2, -0.15) is 0 Å². The Morgan fingerprint density at radius 2 is 1.64 bits per heavy atom. The number of imide groups is 1. The van der Waals surface area contributed by atoms with Crippen molar-refractivity contribution in [2.24, 2.45) is 0 Å². The Hall–Kier alpha value is -1.72. The number of anilines is 1. The summed E-state index contributed by atoms with van der Waals surface area (Å²) in [6, 6.07) is 7.14. The zero-order valence-electron chi connectivity index (χ0n) is 13.3. The van der Waals surface area contributed by atoms with Gasteiger partial charge in [0.05, 0.1) is 30.4 Å². The predicted octanol–water partition coefficient (Wildman–Crippen LogP) is 1.74. The summed E-state index contributed by atoms with van der Waals surface area (Å²) in [4.78, 5) is 28.5. The molecule has 5 nitrogen and oxygen atoms in total. The van der Waals surface area contributed by atoms with E-state index in [1.807, 2.05) is 45.0 Å². The second-order valence-corrected chi connectivity index (χ2v) is 6.33. The summed E-state index contributed by atoms with van der Waals surface area (Å²) < 4.78 is 5.71. The smallest absolute Gasteiger partial charge is 0.251 e. The number of hydrogen-bond donors (Lipinski definition) is 0. The van der Waals surface area contributed by atoms with Gasteiger partial charge in [0, 0.05) is 13.1 Å². The quantitative estimate of drug-likeness (QED) is 0.781. The van der Waals surface area contributed by atoms with E-state index in [2.05, 4.69) is 4.90 Å². The predicted molar refractivity (Wildman–Crippen MR) is 83.7 cm³/mol. The van der Waals surface area contributed by atoms with Gasteiger partial charge in [-0.1, -0.05) is 17.7 Å². The van der Waals surface area contributed by atoms with Crippen molar-refractivity contribution in [3.8, 4) is 0 Å². The summed E-state index contributed by atoms with van der Waals surface area (Å²) in [6.07, 6.45) is 0.423. The van der Waals surface area contributed by atoms with Gasteiger partial charge >= 0.3 is 0 Å². The molecular weight excluding hydrogens is 280 g/mol. The second kappa shape index (κ2) is 5.82. The molecule has 2 aliphatic heterocycles. The van der Waals surface area contributed by atoms with Crippen molar-refractivity contribution in [2.75, 3.05) is 18.0 Å². The van der Waals surface area contributed by atoms with Crippen LogP contribution in [0.4, 0.5) is 5.69 Å². The van der Waals surface area contributed by atoms with Gasteiger partial charge in [0.15, 0.2) is 0 Å². The molecule has 0 aromatic heterocycles. The average molecular weight is 302 g/mol. The summed E-state index contributed by atoms with van der Waals surface area (Å²) >= 11 is 0. The van der Waals surface area contributed by atoms with Crippen LogP contribution in [0.1, 0.15) is 25.8 Å². The van der Waals surface area contributed by atoms with Crippen LogP contribution in [0.25, 0.3) is 0 Å². The van der Waals surface area contributed by atoms with Crippen molar-refractivity contribution >= 4 is 17.5 Å². The summed E-state index contributed by atoms with van der Waals surface area (Å²) in [7, 11) is 0. The summed E-state index contributed by atoms with van der Waals surface area (Å²) in [5, 5.41) is 0. The fraction of sp³-hybridized carbons (Fsp3) is 0.529. The number of nitrogens with zero attached hydrogens (tertiary/aromatic N) is 2. The normalized spacial score (nSPS) is 30.1. The van der Waals surface area contributed by atoms with Gasteiger partial charge in [-0.25, -0.2) is 4.90 Å². The molecule has 1 aromatic carbocycles. The van der Waals surface area contributed by atoms with Crippen molar-refractivity contribution in [3.05, 3.63) is 29.8 Å². The molecule has 22 heavy (non-hydrogen) atoms. The summed E-state index contributed by atoms with van der Waals surface area (Å²) in [6.45, 7) is 7.37. The number of benzene rings is 1. The van der Waals surface area contributed by atoms with Crippen LogP contribution >= 0.6 is 0 Å². The minimum Gasteiger partial charge on any atom is -0.373 e. The highest BCUT2D eigenvalue weighted by atomic mass is 16.5. The van der Waals surface area contributed by atoms with Crippen molar-refractivity contribution in [2.45, 2.75) is 45.4 Å². The molecule has 0 unspecified atom stereocenters. The van der Waals surface area contributed by atoms with Crippen LogP contribution in [-0.4, -0.2) is 48.1 Å². The number of carbonyl (C=O) groups excluding carboxylic acids is 2. The van der Waals surface area contributed by atoms with Gasteiger partial charge in [0.1, 0.15) is 0 Å². The van der Waals surface area contributed by atoms with Crippen molar-refractivity contribution in [1.29, 1.82) is 0 Å². The van der Waals surface area contributed by atoms with Gasteiger partial charge in [-0.15, -0.1) is 0 Å². The highest BCUT2D eigenvalue weighted by Crippen LogP contribution is 2.27. The minimum atomic E-state index is -0.359. The Kier molecular flexibility index (Phi) is 4.02. The molecule has 3 rings (SSSR count). The van der Waals surface area contributed by atoms with E-state index in [4.69, 9.17) is 4.74 Å². The highest BCUT2D eigenvalue weighted by molar-refractivity contribution is 6.22. The molecule has 0 radical (unpaired) electrons. The number of carbonyl (C=O) groups is 2. The van der Waals surface area contributed by atoms with E-state index in [0.717, 1.165) is 5.56 Å². The third-order valence-electron chi connectivity index (χ3n) is 4.30. The first-order chi connectivity index (χ1) is 10.5. The first kappa shape index (κ1) is 15.2. The Morgan fingerprint density at radius 3 is 2.23 bits per heavy atom. The van der Waals surface area contributed by atoms with E-state index >= 15 is 0 Å². The van der Waals surface area contributed by atoms with Gasteiger partial charge in [-0.05, 0) is 32.9 Å². The molecular formula is C17H22N2O3. The molecule has 0 aliphatic carbocycles. The Bertz CT molecular complexity index is 574. The monoisotopic (exact) mass is 302 g/mol. The molecule has 3 atom stereocenters. The SMILES string of the molecule is Cc1ccc(N2C(=O)C[C@@H](N3C[C@@H](C)O[C@H](C)C3)C2=O)cc1. The maximum Gasteiger partial charge on any atom is 0.251 e. The number of hydrogen-bond acceptors (Lipinski definition) is 4. The van der Waals surface area contributed by atoms with E-state index in [1.165, 1.54) is 4.90 Å². The molecule has 0 saturated carbocycles. The molecule has 2 fully saturated rings. The maximum absolute atomic E-state index is 12.7. The van der Waals surface area contributed by atoms with E-state index in [-0.39, 0.29) is 36.5 Å². The fourth-order valence-corrected chi connectivity index (χ4v) is 3.34. The lowest BCUT2D eigenvalue weighted by molar-refractivity contribution is -0.127. The van der Waals surface area contributed by atoms with Crippen LogP contribution < -0.4 is 4.90 Å². The number of ether oxygens (including phenoxy) is 1. The molecule has 0 bridgehead atoms. The Labute approximate surface area is 130 Å². The standard InChI is InChI=1S/C17H22N2O3/c1-11-4-6-14(7-5-11)19-16(20)8-15(17(19)21)18-9-12(2)22-13(3)10-18/h4-7,12-13,15H,8-10H2,1-3H3/t12-,13-,15-/m1/s1. The van der Waals surface area contributed by atoms with Crippen LogP contribution in [0, 0.1) is 6.92 Å². The average Bonchev–Trinajstić information content (AvgIpc) is 2.74. The summed E-state index contributed by atoms with van der Waals surface area (Å²) in [5.41, 5.74) is 1.77. The zero-order chi connectivity index (χ0) is 15.9. The lowest BCUT2D eigenvalue weighted by Crippen LogP contribution is -2.52.